The van der Waals surface area contributed by atoms with Gasteiger partial charge in [0.2, 0.25) is 11.8 Å². The lowest BCUT2D eigenvalue weighted by atomic mass is 10.2. The number of carbonyl (C=O) groups is 1. The molecule has 0 atom stereocenters. The normalized spacial score (nSPS) is 11.4. The molecular weight excluding hydrogens is 586 g/mol. The first-order chi connectivity index (χ1) is 16.4. The maximum absolute atomic E-state index is 12.4. The molecule has 0 saturated carbocycles. The lowest BCUT2D eigenvalue weighted by Gasteiger charge is -2.01. The summed E-state index contributed by atoms with van der Waals surface area (Å²) >= 11 is 14.4. The number of hydrogen-bond donors (Lipinski definition) is 1. The number of carbonyl (C=O) groups excluding carboxylic acids is 1. The van der Waals surface area contributed by atoms with Gasteiger partial charge in [0.25, 0.3) is 0 Å². The molecule has 1 amide bonds. The van der Waals surface area contributed by atoms with Crippen molar-refractivity contribution in [2.45, 2.75) is 0 Å². The van der Waals surface area contributed by atoms with Crippen molar-refractivity contribution >= 4 is 74.6 Å². The van der Waals surface area contributed by atoms with Crippen molar-refractivity contribution in [2.75, 3.05) is 5.32 Å². The van der Waals surface area contributed by atoms with Crippen LogP contribution < -0.4 is 5.32 Å². The quantitative estimate of drug-likeness (QED) is 0.163. The summed E-state index contributed by atoms with van der Waals surface area (Å²) in [6, 6.07) is 22.0. The van der Waals surface area contributed by atoms with Gasteiger partial charge >= 0.3 is 0 Å². The fraction of sp³-hybridized carbons (Fsp3) is 0. The van der Waals surface area contributed by atoms with Crippen LogP contribution in [0.25, 0.3) is 40.0 Å². The molecule has 2 heterocycles. The fourth-order valence-electron chi connectivity index (χ4n) is 3.37. The van der Waals surface area contributed by atoms with E-state index in [2.05, 4.69) is 32.9 Å². The number of hydrogen-bond acceptors (Lipinski definition) is 4. The zero-order valence-electron chi connectivity index (χ0n) is 17.4. The molecule has 5 nitrogen and oxygen atoms in total. The summed E-state index contributed by atoms with van der Waals surface area (Å²) in [7, 11) is 0. The van der Waals surface area contributed by atoms with Crippen LogP contribution in [0.2, 0.25) is 10.0 Å². The Bertz CT molecular complexity index is 1560. The number of anilines is 1. The van der Waals surface area contributed by atoms with E-state index in [0.717, 1.165) is 14.7 Å². The Morgan fingerprint density at radius 3 is 2.68 bits per heavy atom. The summed E-state index contributed by atoms with van der Waals surface area (Å²) < 4.78 is 12.7. The van der Waals surface area contributed by atoms with E-state index in [9.17, 15) is 4.79 Å². The third kappa shape index (κ3) is 5.04. The van der Waals surface area contributed by atoms with Crippen LogP contribution in [0.3, 0.4) is 0 Å². The van der Waals surface area contributed by atoms with E-state index in [1.54, 1.807) is 54.6 Å². The van der Waals surface area contributed by atoms with Crippen molar-refractivity contribution in [2.24, 2.45) is 0 Å². The van der Waals surface area contributed by atoms with Crippen molar-refractivity contribution in [1.29, 1.82) is 0 Å². The molecule has 1 N–H and O–H groups in total. The largest absolute Gasteiger partial charge is 0.457 e. The van der Waals surface area contributed by atoms with Gasteiger partial charge in [-0.3, -0.25) is 4.79 Å². The van der Waals surface area contributed by atoms with Crippen molar-refractivity contribution in [1.82, 2.24) is 4.98 Å². The highest BCUT2D eigenvalue weighted by Crippen LogP contribution is 2.32. The molecule has 0 fully saturated rings. The molecule has 0 bridgehead atoms. The number of nitrogens with zero attached hydrogens (tertiary/aromatic N) is 1. The zero-order valence-corrected chi connectivity index (χ0v) is 21.1. The average Bonchev–Trinajstić information content (AvgIpc) is 3.44. The monoisotopic (exact) mass is 600 g/mol. The molecule has 2 aromatic heterocycles. The number of oxazole rings is 1. The summed E-state index contributed by atoms with van der Waals surface area (Å²) in [5, 5.41) is 3.87. The Balaban J connectivity index is 1.29. The van der Waals surface area contributed by atoms with E-state index in [1.165, 1.54) is 6.08 Å². The number of halogens is 3. The first-order valence-electron chi connectivity index (χ1n) is 10.2. The van der Waals surface area contributed by atoms with Crippen molar-refractivity contribution in [3.8, 4) is 22.8 Å². The van der Waals surface area contributed by atoms with Crippen molar-refractivity contribution in [3.05, 3.63) is 98.2 Å². The highest BCUT2D eigenvalue weighted by Gasteiger charge is 2.11. The summed E-state index contributed by atoms with van der Waals surface area (Å²) in [5.74, 6) is 1.34. The minimum absolute atomic E-state index is 0.303. The molecule has 34 heavy (non-hydrogen) atoms. The third-order valence-corrected chi connectivity index (χ3v) is 6.17. The smallest absolute Gasteiger partial charge is 0.248 e. The Morgan fingerprint density at radius 2 is 1.85 bits per heavy atom. The maximum atomic E-state index is 12.4. The molecular formula is C26H15Cl2IN2O3. The number of aromatic nitrogens is 1. The van der Waals surface area contributed by atoms with Gasteiger partial charge in [0.1, 0.15) is 17.0 Å². The van der Waals surface area contributed by atoms with Gasteiger partial charge in [0, 0.05) is 31.5 Å². The molecule has 0 spiro atoms. The number of rotatable bonds is 5. The van der Waals surface area contributed by atoms with E-state index >= 15 is 0 Å². The number of fused-ring (bicyclic) bond motifs is 1. The van der Waals surface area contributed by atoms with Crippen LogP contribution in [-0.2, 0) is 4.79 Å². The van der Waals surface area contributed by atoms with Crippen LogP contribution in [0.1, 0.15) is 5.76 Å². The van der Waals surface area contributed by atoms with E-state index in [1.807, 2.05) is 24.3 Å². The van der Waals surface area contributed by atoms with Crippen LogP contribution in [-0.4, -0.2) is 10.9 Å². The molecule has 0 radical (unpaired) electrons. The molecule has 0 saturated heterocycles. The number of benzene rings is 3. The molecule has 0 aliphatic heterocycles. The van der Waals surface area contributed by atoms with Gasteiger partial charge in [-0.15, -0.1) is 0 Å². The second-order valence-electron chi connectivity index (χ2n) is 7.36. The van der Waals surface area contributed by atoms with Crippen LogP contribution in [0.15, 0.2) is 87.7 Å². The van der Waals surface area contributed by atoms with E-state index in [0.29, 0.717) is 44.2 Å². The molecule has 5 rings (SSSR count). The molecule has 5 aromatic rings. The summed E-state index contributed by atoms with van der Waals surface area (Å²) in [5.41, 5.74) is 3.53. The number of nitrogens with one attached hydrogen (secondary N) is 1. The van der Waals surface area contributed by atoms with Gasteiger partial charge in [-0.05, 0) is 95.4 Å². The molecule has 3 aromatic carbocycles. The number of amides is 1. The van der Waals surface area contributed by atoms with Crippen LogP contribution in [0, 0.1) is 3.57 Å². The van der Waals surface area contributed by atoms with E-state index < -0.39 is 0 Å². The lowest BCUT2D eigenvalue weighted by molar-refractivity contribution is -0.111. The first-order valence-corrected chi connectivity index (χ1v) is 12.0. The first kappa shape index (κ1) is 22.7. The summed E-state index contributed by atoms with van der Waals surface area (Å²) in [6.07, 6.45) is 2.99. The Labute approximate surface area is 218 Å². The fourth-order valence-corrected chi connectivity index (χ4v) is 4.41. The van der Waals surface area contributed by atoms with Gasteiger partial charge in [-0.2, -0.15) is 0 Å². The summed E-state index contributed by atoms with van der Waals surface area (Å²) in [4.78, 5) is 17.0. The van der Waals surface area contributed by atoms with Crippen molar-refractivity contribution < 1.29 is 13.6 Å². The Hall–Kier alpha value is -3.07. The average molecular weight is 601 g/mol. The molecule has 168 valence electrons. The van der Waals surface area contributed by atoms with Gasteiger partial charge < -0.3 is 14.2 Å². The Morgan fingerprint density at radius 1 is 0.971 bits per heavy atom. The van der Waals surface area contributed by atoms with Crippen LogP contribution in [0.5, 0.6) is 0 Å². The minimum Gasteiger partial charge on any atom is -0.457 e. The SMILES string of the molecule is O=C(/C=C/c1ccc(-c2ccc(Cl)cc2Cl)o1)Nc1ccc2oc(-c3cccc(I)c3)nc2c1. The predicted molar refractivity (Wildman–Crippen MR) is 144 cm³/mol. The van der Waals surface area contributed by atoms with E-state index in [4.69, 9.17) is 32.0 Å². The highest BCUT2D eigenvalue weighted by atomic mass is 127. The van der Waals surface area contributed by atoms with E-state index in [-0.39, 0.29) is 5.91 Å². The van der Waals surface area contributed by atoms with Gasteiger partial charge in [-0.25, -0.2) is 4.98 Å². The van der Waals surface area contributed by atoms with Gasteiger partial charge in [-0.1, -0.05) is 29.3 Å². The predicted octanol–water partition coefficient (Wildman–Crippen LogP) is 8.32. The molecule has 8 heteroatoms. The summed E-state index contributed by atoms with van der Waals surface area (Å²) in [6.45, 7) is 0. The van der Waals surface area contributed by atoms with Gasteiger partial charge in [0.15, 0.2) is 5.58 Å². The van der Waals surface area contributed by atoms with Crippen LogP contribution in [0.4, 0.5) is 5.69 Å². The molecule has 0 unspecified atom stereocenters. The van der Waals surface area contributed by atoms with Crippen LogP contribution >= 0.6 is 45.8 Å². The second kappa shape index (κ2) is 9.66. The molecule has 0 aliphatic carbocycles. The third-order valence-electron chi connectivity index (χ3n) is 4.95. The lowest BCUT2D eigenvalue weighted by Crippen LogP contribution is -2.07. The van der Waals surface area contributed by atoms with Crippen molar-refractivity contribution in [3.63, 3.8) is 0 Å². The standard InChI is InChI=1S/C26H15Cl2IN2O3/c27-16-4-8-20(21(28)13-16)23-10-6-19(33-23)7-11-25(32)30-18-5-9-24-22(14-18)31-26(34-24)15-2-1-3-17(29)12-15/h1-14H,(H,30,32)/b11-7+. The zero-order chi connectivity index (χ0) is 23.7. The molecule has 0 aliphatic rings. The topological polar surface area (TPSA) is 68.3 Å². The second-order valence-corrected chi connectivity index (χ2v) is 9.45. The maximum Gasteiger partial charge on any atom is 0.248 e. The Kier molecular flexibility index (Phi) is 6.45. The number of furan rings is 1. The minimum atomic E-state index is -0.303. The van der Waals surface area contributed by atoms with Gasteiger partial charge in [0.05, 0.1) is 5.02 Å². The highest BCUT2D eigenvalue weighted by molar-refractivity contribution is 14.1.